The number of esters is 1. The second kappa shape index (κ2) is 12.2. The van der Waals surface area contributed by atoms with E-state index < -0.39 is 27.8 Å². The van der Waals surface area contributed by atoms with Gasteiger partial charge in [0.25, 0.3) is 5.91 Å². The van der Waals surface area contributed by atoms with Crippen molar-refractivity contribution in [3.63, 3.8) is 0 Å². The van der Waals surface area contributed by atoms with Gasteiger partial charge in [-0.2, -0.15) is 4.72 Å². The van der Waals surface area contributed by atoms with Gasteiger partial charge in [0.05, 0.1) is 18.6 Å². The molecule has 3 aromatic carbocycles. The molecule has 2 heterocycles. The molecule has 5 rings (SSSR count). The maximum atomic E-state index is 13.3. The summed E-state index contributed by atoms with van der Waals surface area (Å²) in [6.07, 6.45) is -0.268. The minimum absolute atomic E-state index is 0.0276. The Kier molecular flexibility index (Phi) is 8.68. The fourth-order valence-electron chi connectivity index (χ4n) is 5.24. The van der Waals surface area contributed by atoms with Crippen LogP contribution in [0.5, 0.6) is 0 Å². The molecule has 1 amide bonds. The number of nitrogens with one attached hydrogen (secondary N) is 2. The van der Waals surface area contributed by atoms with Gasteiger partial charge in [-0.3, -0.25) is 9.59 Å². The Morgan fingerprint density at radius 2 is 1.61 bits per heavy atom. The van der Waals surface area contributed by atoms with Crippen LogP contribution in [0.4, 0.5) is 5.69 Å². The van der Waals surface area contributed by atoms with Crippen LogP contribution in [0.2, 0.25) is 0 Å². The summed E-state index contributed by atoms with van der Waals surface area (Å²) in [5.41, 5.74) is 4.39. The Balaban J connectivity index is 1.29. The number of rotatable bonds is 9. The molecule has 4 aromatic rings. The maximum Gasteiger partial charge on any atom is 0.324 e. The summed E-state index contributed by atoms with van der Waals surface area (Å²) < 4.78 is 50.7. The predicted octanol–water partition coefficient (Wildman–Crippen LogP) is 5.96. The van der Waals surface area contributed by atoms with Crippen molar-refractivity contribution in [3.8, 4) is 11.1 Å². The third-order valence-corrected chi connectivity index (χ3v) is 9.05. The number of hydrogen-bond donors (Lipinski definition) is 2. The van der Waals surface area contributed by atoms with Crippen LogP contribution in [0.25, 0.3) is 22.1 Å². The number of fused-ring (bicyclic) bond motifs is 1. The van der Waals surface area contributed by atoms with Crippen LogP contribution in [-0.2, 0) is 29.0 Å². The number of ether oxygens (including phenoxy) is 3. The Morgan fingerprint density at radius 3 is 2.18 bits per heavy atom. The highest BCUT2D eigenvalue weighted by Crippen LogP contribution is 2.39. The Morgan fingerprint density at radius 1 is 0.977 bits per heavy atom. The summed E-state index contributed by atoms with van der Waals surface area (Å²) in [6.45, 7) is 9.47. The molecule has 0 radical (unpaired) electrons. The number of carbonyl (C=O) groups excluding carboxylic acids is 2. The zero-order chi connectivity index (χ0) is 31.8. The summed E-state index contributed by atoms with van der Waals surface area (Å²) in [6, 6.07) is 18.2. The minimum Gasteiger partial charge on any atom is -0.468 e. The smallest absolute Gasteiger partial charge is 0.324 e. The summed E-state index contributed by atoms with van der Waals surface area (Å²) in [4.78, 5) is 25.3. The molecule has 0 saturated carbocycles. The topological polar surface area (TPSA) is 133 Å². The Labute approximate surface area is 256 Å². The Hall–Kier alpha value is -4.03. The summed E-state index contributed by atoms with van der Waals surface area (Å²) >= 11 is 0. The van der Waals surface area contributed by atoms with Crippen molar-refractivity contribution < 1.29 is 36.6 Å². The van der Waals surface area contributed by atoms with E-state index in [0.717, 1.165) is 22.1 Å². The third-order valence-electron chi connectivity index (χ3n) is 7.59. The van der Waals surface area contributed by atoms with E-state index in [9.17, 15) is 18.0 Å². The minimum atomic E-state index is -3.95. The van der Waals surface area contributed by atoms with E-state index in [1.54, 1.807) is 38.1 Å². The fourth-order valence-corrected chi connectivity index (χ4v) is 6.57. The number of carbonyl (C=O) groups is 2. The normalized spacial score (nSPS) is 17.1. The molecule has 2 atom stereocenters. The van der Waals surface area contributed by atoms with Crippen molar-refractivity contribution in [1.82, 2.24) is 4.72 Å². The number of sulfonamides is 1. The van der Waals surface area contributed by atoms with Crippen LogP contribution < -0.4 is 10.0 Å². The van der Waals surface area contributed by atoms with E-state index in [1.807, 2.05) is 51.1 Å². The molecule has 2 N–H and O–H groups in total. The highest BCUT2D eigenvalue weighted by molar-refractivity contribution is 7.89. The molecule has 0 bridgehead atoms. The van der Waals surface area contributed by atoms with Gasteiger partial charge in [-0.25, -0.2) is 8.42 Å². The molecule has 1 aromatic heterocycles. The van der Waals surface area contributed by atoms with E-state index in [0.29, 0.717) is 23.4 Å². The molecule has 10 nitrogen and oxygen atoms in total. The fraction of sp³-hybridized carbons (Fsp3) is 0.333. The quantitative estimate of drug-likeness (QED) is 0.219. The molecular weight excluding hydrogens is 584 g/mol. The first-order valence-corrected chi connectivity index (χ1v) is 15.7. The van der Waals surface area contributed by atoms with Crippen molar-refractivity contribution in [2.75, 3.05) is 19.0 Å². The average molecular weight is 621 g/mol. The second-order valence-corrected chi connectivity index (χ2v) is 13.2. The lowest BCUT2D eigenvalue weighted by Crippen LogP contribution is -2.44. The second-order valence-electron chi connectivity index (χ2n) is 11.5. The lowest BCUT2D eigenvalue weighted by Gasteiger charge is -2.19. The monoisotopic (exact) mass is 620 g/mol. The molecule has 1 unspecified atom stereocenters. The molecule has 232 valence electrons. The van der Waals surface area contributed by atoms with Gasteiger partial charge in [0.15, 0.2) is 11.5 Å². The van der Waals surface area contributed by atoms with Gasteiger partial charge in [-0.1, -0.05) is 50.2 Å². The number of anilines is 1. The van der Waals surface area contributed by atoms with E-state index in [2.05, 4.69) is 10.0 Å². The van der Waals surface area contributed by atoms with Crippen molar-refractivity contribution in [3.05, 3.63) is 83.6 Å². The molecular formula is C33H36N2O8S. The van der Waals surface area contributed by atoms with Crippen molar-refractivity contribution in [1.29, 1.82) is 0 Å². The number of aryl methyl sites for hydroxylation is 1. The summed E-state index contributed by atoms with van der Waals surface area (Å²) in [5, 5.41) is 3.73. The largest absolute Gasteiger partial charge is 0.468 e. The summed E-state index contributed by atoms with van der Waals surface area (Å²) in [7, 11) is -2.73. The zero-order valence-corrected chi connectivity index (χ0v) is 26.3. The number of amides is 1. The summed E-state index contributed by atoms with van der Waals surface area (Å²) in [5.74, 6) is -1.79. The number of benzene rings is 3. The molecule has 0 aliphatic carbocycles. The van der Waals surface area contributed by atoms with E-state index >= 15 is 0 Å². The van der Waals surface area contributed by atoms with Crippen LogP contribution in [0.1, 0.15) is 55.5 Å². The predicted molar refractivity (Wildman–Crippen MR) is 166 cm³/mol. The van der Waals surface area contributed by atoms with Crippen LogP contribution >= 0.6 is 0 Å². The van der Waals surface area contributed by atoms with Crippen LogP contribution in [-0.4, -0.2) is 45.8 Å². The molecule has 1 fully saturated rings. The van der Waals surface area contributed by atoms with Crippen molar-refractivity contribution in [2.24, 2.45) is 5.92 Å². The lowest BCUT2D eigenvalue weighted by atomic mass is 10.0. The van der Waals surface area contributed by atoms with Crippen LogP contribution in [0.15, 0.2) is 76.0 Å². The molecule has 1 aliphatic rings. The zero-order valence-electron chi connectivity index (χ0n) is 25.5. The number of hydrogen-bond acceptors (Lipinski definition) is 8. The van der Waals surface area contributed by atoms with Gasteiger partial charge in [0.2, 0.25) is 10.0 Å². The number of methoxy groups -OCH3 is 1. The molecule has 1 aliphatic heterocycles. The first-order chi connectivity index (χ1) is 20.8. The van der Waals surface area contributed by atoms with E-state index in [4.69, 9.17) is 18.6 Å². The van der Waals surface area contributed by atoms with Gasteiger partial charge in [-0.15, -0.1) is 0 Å². The lowest BCUT2D eigenvalue weighted by molar-refractivity contribution is -0.143. The van der Waals surface area contributed by atoms with Gasteiger partial charge in [0, 0.05) is 16.6 Å². The molecule has 11 heteroatoms. The third kappa shape index (κ3) is 6.41. The van der Waals surface area contributed by atoms with Crippen LogP contribution in [0, 0.1) is 12.8 Å². The maximum absolute atomic E-state index is 13.3. The molecule has 44 heavy (non-hydrogen) atoms. The van der Waals surface area contributed by atoms with Gasteiger partial charge >= 0.3 is 5.97 Å². The van der Waals surface area contributed by atoms with Gasteiger partial charge < -0.3 is 23.9 Å². The molecule has 0 spiro atoms. The molecule has 1 saturated heterocycles. The van der Waals surface area contributed by atoms with Crippen molar-refractivity contribution >= 4 is 38.6 Å². The first-order valence-electron chi connectivity index (χ1n) is 14.3. The van der Waals surface area contributed by atoms with Crippen molar-refractivity contribution in [2.45, 2.75) is 57.4 Å². The standard InChI is InChI=1S/C33H36N2O8S/c1-19(2)29(32(37)40-6)35-44(38,39)24-16-12-22(13-17-24)21-10-14-23(15-11-21)34-31(36)30-20(3)28-25(8-7-9-26(28)42-30)27-18-41-33(4,5)43-27/h7-17,19,27,29,35H,18H2,1-6H3,(H,34,36)/t27?,29-/m0/s1. The van der Waals surface area contributed by atoms with Crippen LogP contribution in [0.3, 0.4) is 0 Å². The van der Waals surface area contributed by atoms with Gasteiger partial charge in [-0.05, 0) is 73.7 Å². The highest BCUT2D eigenvalue weighted by atomic mass is 32.2. The number of furan rings is 1. The average Bonchev–Trinajstić information content (AvgIpc) is 3.54. The SMILES string of the molecule is COC(=O)[C@@H](NS(=O)(=O)c1ccc(-c2ccc(NC(=O)c3oc4cccc(C5COC(C)(C)O5)c4c3C)cc2)cc1)C(C)C. The highest BCUT2D eigenvalue weighted by Gasteiger charge is 2.35. The van der Waals surface area contributed by atoms with Gasteiger partial charge in [0.1, 0.15) is 17.7 Å². The van der Waals surface area contributed by atoms with E-state index in [-0.39, 0.29) is 28.6 Å². The first kappa shape index (κ1) is 31.4. The van der Waals surface area contributed by atoms with E-state index in [1.165, 1.54) is 19.2 Å². The Bertz CT molecular complexity index is 1790.